The van der Waals surface area contributed by atoms with E-state index in [1.807, 2.05) is 30.3 Å². The standard InChI is InChI=1S/C14H13FN2O/c15-11-7-12(16)9-13(8-11)17-14(18)6-10-4-2-1-3-5-10/h1-5,7-9H,6,16H2,(H,17,18). The van der Waals surface area contributed by atoms with Gasteiger partial charge in [-0.15, -0.1) is 0 Å². The molecule has 0 bridgehead atoms. The van der Waals surface area contributed by atoms with Gasteiger partial charge in [0.1, 0.15) is 5.82 Å². The Kier molecular flexibility index (Phi) is 3.57. The topological polar surface area (TPSA) is 55.1 Å². The molecule has 0 saturated carbocycles. The average molecular weight is 244 g/mol. The highest BCUT2D eigenvalue weighted by Gasteiger charge is 2.05. The Morgan fingerprint density at radius 3 is 2.56 bits per heavy atom. The summed E-state index contributed by atoms with van der Waals surface area (Å²) in [5, 5.41) is 2.61. The fraction of sp³-hybridized carbons (Fsp3) is 0.0714. The zero-order chi connectivity index (χ0) is 13.0. The number of hydrogen-bond donors (Lipinski definition) is 2. The highest BCUT2D eigenvalue weighted by atomic mass is 19.1. The van der Waals surface area contributed by atoms with E-state index in [9.17, 15) is 9.18 Å². The van der Waals surface area contributed by atoms with E-state index in [4.69, 9.17) is 5.73 Å². The highest BCUT2D eigenvalue weighted by molar-refractivity contribution is 5.92. The van der Waals surface area contributed by atoms with Gasteiger partial charge in [-0.05, 0) is 23.8 Å². The van der Waals surface area contributed by atoms with E-state index >= 15 is 0 Å². The molecule has 0 radical (unpaired) electrons. The summed E-state index contributed by atoms with van der Waals surface area (Å²) in [6, 6.07) is 13.3. The van der Waals surface area contributed by atoms with Crippen molar-refractivity contribution in [1.29, 1.82) is 0 Å². The van der Waals surface area contributed by atoms with Gasteiger partial charge in [0.25, 0.3) is 0 Å². The summed E-state index contributed by atoms with van der Waals surface area (Å²) in [5.74, 6) is -0.670. The number of nitrogen functional groups attached to an aromatic ring is 1. The van der Waals surface area contributed by atoms with E-state index in [1.165, 1.54) is 18.2 Å². The molecule has 0 heterocycles. The molecular formula is C14H13FN2O. The van der Waals surface area contributed by atoms with Crippen LogP contribution in [-0.2, 0) is 11.2 Å². The van der Waals surface area contributed by atoms with E-state index < -0.39 is 5.82 Å². The van der Waals surface area contributed by atoms with Gasteiger partial charge in [0.15, 0.2) is 0 Å². The Balaban J connectivity index is 2.03. The van der Waals surface area contributed by atoms with Crippen molar-refractivity contribution in [1.82, 2.24) is 0 Å². The molecule has 0 aliphatic carbocycles. The maximum absolute atomic E-state index is 13.1. The molecule has 3 nitrogen and oxygen atoms in total. The Hall–Kier alpha value is -2.36. The van der Waals surface area contributed by atoms with Gasteiger partial charge in [-0.3, -0.25) is 4.79 Å². The molecule has 4 heteroatoms. The Labute approximate surface area is 104 Å². The Morgan fingerprint density at radius 2 is 1.89 bits per heavy atom. The molecule has 3 N–H and O–H groups in total. The summed E-state index contributed by atoms with van der Waals surface area (Å²) in [6.45, 7) is 0. The van der Waals surface area contributed by atoms with Crippen molar-refractivity contribution in [3.05, 3.63) is 59.9 Å². The van der Waals surface area contributed by atoms with Crippen molar-refractivity contribution in [3.8, 4) is 0 Å². The maximum atomic E-state index is 13.1. The number of anilines is 2. The maximum Gasteiger partial charge on any atom is 0.228 e. The molecule has 0 atom stereocenters. The van der Waals surface area contributed by atoms with Crippen molar-refractivity contribution >= 4 is 17.3 Å². The van der Waals surface area contributed by atoms with Crippen LogP contribution in [0, 0.1) is 5.82 Å². The lowest BCUT2D eigenvalue weighted by molar-refractivity contribution is -0.115. The second kappa shape index (κ2) is 5.31. The van der Waals surface area contributed by atoms with Crippen LogP contribution in [-0.4, -0.2) is 5.91 Å². The van der Waals surface area contributed by atoms with Crippen LogP contribution in [0.4, 0.5) is 15.8 Å². The third kappa shape index (κ3) is 3.31. The van der Waals surface area contributed by atoms with Gasteiger partial charge in [-0.25, -0.2) is 4.39 Å². The van der Waals surface area contributed by atoms with Crippen molar-refractivity contribution in [3.63, 3.8) is 0 Å². The molecule has 2 rings (SSSR count). The molecule has 0 saturated heterocycles. The van der Waals surface area contributed by atoms with Gasteiger partial charge in [0.05, 0.1) is 6.42 Å². The summed E-state index contributed by atoms with van der Waals surface area (Å²) in [5.41, 5.74) is 7.05. The normalized spacial score (nSPS) is 10.1. The number of carbonyl (C=O) groups excluding carboxylic acids is 1. The predicted molar refractivity (Wildman–Crippen MR) is 69.6 cm³/mol. The lowest BCUT2D eigenvalue weighted by atomic mass is 10.1. The van der Waals surface area contributed by atoms with Gasteiger partial charge in [0.2, 0.25) is 5.91 Å². The summed E-state index contributed by atoms with van der Waals surface area (Å²) in [6.07, 6.45) is 0.247. The van der Waals surface area contributed by atoms with Gasteiger partial charge < -0.3 is 11.1 Å². The molecule has 0 spiro atoms. The molecule has 2 aromatic rings. The molecular weight excluding hydrogens is 231 g/mol. The number of benzene rings is 2. The second-order valence-corrected chi connectivity index (χ2v) is 3.98. The summed E-state index contributed by atoms with van der Waals surface area (Å²) in [7, 11) is 0. The molecule has 2 aromatic carbocycles. The number of nitrogens with two attached hydrogens (primary N) is 1. The average Bonchev–Trinajstić information content (AvgIpc) is 2.28. The first-order chi connectivity index (χ1) is 8.63. The van der Waals surface area contributed by atoms with Crippen LogP contribution in [0.5, 0.6) is 0 Å². The van der Waals surface area contributed by atoms with Gasteiger partial charge in [-0.1, -0.05) is 30.3 Å². The van der Waals surface area contributed by atoms with E-state index in [-0.39, 0.29) is 18.0 Å². The molecule has 0 aliphatic rings. The zero-order valence-corrected chi connectivity index (χ0v) is 9.69. The smallest absolute Gasteiger partial charge is 0.228 e. The molecule has 18 heavy (non-hydrogen) atoms. The number of rotatable bonds is 3. The second-order valence-electron chi connectivity index (χ2n) is 3.98. The summed E-state index contributed by atoms with van der Waals surface area (Å²) in [4.78, 5) is 11.7. The highest BCUT2D eigenvalue weighted by Crippen LogP contribution is 2.15. The van der Waals surface area contributed by atoms with E-state index in [1.54, 1.807) is 0 Å². The minimum Gasteiger partial charge on any atom is -0.399 e. The summed E-state index contributed by atoms with van der Waals surface area (Å²) >= 11 is 0. The van der Waals surface area contributed by atoms with E-state index in [0.29, 0.717) is 5.69 Å². The van der Waals surface area contributed by atoms with Crippen LogP contribution in [0.15, 0.2) is 48.5 Å². The first-order valence-corrected chi connectivity index (χ1v) is 5.53. The number of hydrogen-bond acceptors (Lipinski definition) is 2. The van der Waals surface area contributed by atoms with Crippen molar-refractivity contribution in [2.75, 3.05) is 11.1 Å². The summed E-state index contributed by atoms with van der Waals surface area (Å²) < 4.78 is 13.1. The number of carbonyl (C=O) groups is 1. The number of amides is 1. The lowest BCUT2D eigenvalue weighted by Gasteiger charge is -2.06. The van der Waals surface area contributed by atoms with Crippen LogP contribution in [0.2, 0.25) is 0 Å². The quantitative estimate of drug-likeness (QED) is 0.815. The fourth-order valence-electron chi connectivity index (χ4n) is 1.67. The molecule has 92 valence electrons. The third-order valence-corrected chi connectivity index (χ3v) is 2.41. The molecule has 0 aliphatic heterocycles. The monoisotopic (exact) mass is 244 g/mol. The van der Waals surface area contributed by atoms with Crippen LogP contribution in [0.3, 0.4) is 0 Å². The van der Waals surface area contributed by atoms with Crippen LogP contribution in [0.1, 0.15) is 5.56 Å². The largest absolute Gasteiger partial charge is 0.399 e. The lowest BCUT2D eigenvalue weighted by Crippen LogP contribution is -2.14. The number of halogens is 1. The van der Waals surface area contributed by atoms with Crippen LogP contribution < -0.4 is 11.1 Å². The van der Waals surface area contributed by atoms with E-state index in [2.05, 4.69) is 5.32 Å². The van der Waals surface area contributed by atoms with Crippen molar-refractivity contribution in [2.45, 2.75) is 6.42 Å². The molecule has 0 unspecified atom stereocenters. The molecule has 1 amide bonds. The van der Waals surface area contributed by atoms with Crippen molar-refractivity contribution in [2.24, 2.45) is 0 Å². The minimum atomic E-state index is -0.468. The Morgan fingerprint density at radius 1 is 1.17 bits per heavy atom. The Bertz CT molecular complexity index is 535. The first-order valence-electron chi connectivity index (χ1n) is 5.53. The van der Waals surface area contributed by atoms with Gasteiger partial charge in [0, 0.05) is 11.4 Å². The minimum absolute atomic E-state index is 0.203. The van der Waals surface area contributed by atoms with Crippen molar-refractivity contribution < 1.29 is 9.18 Å². The van der Waals surface area contributed by atoms with E-state index in [0.717, 1.165) is 5.56 Å². The van der Waals surface area contributed by atoms with Crippen LogP contribution in [0.25, 0.3) is 0 Å². The molecule has 0 aromatic heterocycles. The first kappa shape index (κ1) is 12.1. The molecule has 0 fully saturated rings. The van der Waals surface area contributed by atoms with Gasteiger partial charge >= 0.3 is 0 Å². The SMILES string of the molecule is Nc1cc(F)cc(NC(=O)Cc2ccccc2)c1. The zero-order valence-electron chi connectivity index (χ0n) is 9.69. The fourth-order valence-corrected chi connectivity index (χ4v) is 1.67. The number of nitrogens with one attached hydrogen (secondary N) is 1. The van der Waals surface area contributed by atoms with Crippen LogP contribution >= 0.6 is 0 Å². The van der Waals surface area contributed by atoms with Gasteiger partial charge in [-0.2, -0.15) is 0 Å². The third-order valence-electron chi connectivity index (χ3n) is 2.41. The predicted octanol–water partition coefficient (Wildman–Crippen LogP) is 2.59.